The van der Waals surface area contributed by atoms with E-state index in [0.717, 1.165) is 17.4 Å². The molecule has 8 heteroatoms. The standard InChI is InChI=1S/C14H12N4O3S/c1-22(19,20)18-12-4-2-10(3-5-12)13-16-14(21-17-13)11-6-8-15-9-7-11/h2-9,18H,1H3. The van der Waals surface area contributed by atoms with Crippen LogP contribution in [0.3, 0.4) is 0 Å². The Bertz CT molecular complexity index is 874. The number of sulfonamides is 1. The molecule has 0 unspecified atom stereocenters. The fourth-order valence-electron chi connectivity index (χ4n) is 1.85. The Hall–Kier alpha value is -2.74. The second-order valence-electron chi connectivity index (χ2n) is 4.61. The summed E-state index contributed by atoms with van der Waals surface area (Å²) < 4.78 is 29.9. The zero-order chi connectivity index (χ0) is 15.6. The lowest BCUT2D eigenvalue weighted by atomic mass is 10.2. The summed E-state index contributed by atoms with van der Waals surface area (Å²) >= 11 is 0. The smallest absolute Gasteiger partial charge is 0.258 e. The molecule has 3 rings (SSSR count). The third-order valence-electron chi connectivity index (χ3n) is 2.80. The van der Waals surface area contributed by atoms with Gasteiger partial charge in [0, 0.05) is 29.2 Å². The Morgan fingerprint density at radius 3 is 2.32 bits per heavy atom. The third-order valence-corrected chi connectivity index (χ3v) is 3.41. The maximum atomic E-state index is 11.2. The van der Waals surface area contributed by atoms with Gasteiger partial charge in [-0.1, -0.05) is 5.16 Å². The molecule has 7 nitrogen and oxygen atoms in total. The molecule has 0 spiro atoms. The summed E-state index contributed by atoms with van der Waals surface area (Å²) in [6, 6.07) is 10.3. The average molecular weight is 316 g/mol. The molecule has 0 aliphatic heterocycles. The first kappa shape index (κ1) is 14.2. The molecular weight excluding hydrogens is 304 g/mol. The number of benzene rings is 1. The molecule has 0 bridgehead atoms. The highest BCUT2D eigenvalue weighted by Crippen LogP contribution is 2.23. The minimum absolute atomic E-state index is 0.399. The van der Waals surface area contributed by atoms with Crippen molar-refractivity contribution in [2.24, 2.45) is 0 Å². The van der Waals surface area contributed by atoms with Crippen molar-refractivity contribution in [1.29, 1.82) is 0 Å². The van der Waals surface area contributed by atoms with Crippen LogP contribution in [0, 0.1) is 0 Å². The summed E-state index contributed by atoms with van der Waals surface area (Å²) in [5, 5.41) is 3.92. The quantitative estimate of drug-likeness (QED) is 0.792. The highest BCUT2D eigenvalue weighted by Gasteiger charge is 2.10. The van der Waals surface area contributed by atoms with E-state index in [9.17, 15) is 8.42 Å². The molecule has 0 fully saturated rings. The number of nitrogens with one attached hydrogen (secondary N) is 1. The first-order valence-electron chi connectivity index (χ1n) is 6.34. The average Bonchev–Trinajstić information content (AvgIpc) is 2.97. The van der Waals surface area contributed by atoms with E-state index >= 15 is 0 Å². The van der Waals surface area contributed by atoms with Crippen molar-refractivity contribution in [3.63, 3.8) is 0 Å². The zero-order valence-corrected chi connectivity index (χ0v) is 12.4. The molecule has 2 heterocycles. The van der Waals surface area contributed by atoms with Gasteiger partial charge in [0.25, 0.3) is 5.89 Å². The molecule has 1 N–H and O–H groups in total. The van der Waals surface area contributed by atoms with Gasteiger partial charge >= 0.3 is 0 Å². The summed E-state index contributed by atoms with van der Waals surface area (Å²) in [7, 11) is -3.29. The first-order chi connectivity index (χ1) is 10.5. The molecule has 3 aromatic rings. The number of rotatable bonds is 4. The monoisotopic (exact) mass is 316 g/mol. The number of hydrogen-bond acceptors (Lipinski definition) is 6. The number of anilines is 1. The predicted molar refractivity (Wildman–Crippen MR) is 81.4 cm³/mol. The second kappa shape index (κ2) is 5.57. The fraction of sp³-hybridized carbons (Fsp3) is 0.0714. The zero-order valence-electron chi connectivity index (χ0n) is 11.6. The van der Waals surface area contributed by atoms with Crippen LogP contribution in [0.5, 0.6) is 0 Å². The second-order valence-corrected chi connectivity index (χ2v) is 6.36. The van der Waals surface area contributed by atoms with E-state index in [2.05, 4.69) is 19.8 Å². The lowest BCUT2D eigenvalue weighted by Gasteiger charge is -2.03. The molecule has 0 amide bonds. The Morgan fingerprint density at radius 2 is 1.68 bits per heavy atom. The molecule has 0 radical (unpaired) electrons. The van der Waals surface area contributed by atoms with Crippen LogP contribution in [-0.4, -0.2) is 29.8 Å². The van der Waals surface area contributed by atoms with Gasteiger partial charge in [-0.3, -0.25) is 9.71 Å². The van der Waals surface area contributed by atoms with Crippen LogP contribution < -0.4 is 4.72 Å². The van der Waals surface area contributed by atoms with Crippen LogP contribution in [-0.2, 0) is 10.0 Å². The summed E-state index contributed by atoms with van der Waals surface area (Å²) in [6.07, 6.45) is 4.39. The molecule has 0 aliphatic carbocycles. The van der Waals surface area contributed by atoms with E-state index < -0.39 is 10.0 Å². The molecule has 112 valence electrons. The van der Waals surface area contributed by atoms with Gasteiger partial charge in [-0.15, -0.1) is 0 Å². The van der Waals surface area contributed by atoms with Crippen molar-refractivity contribution < 1.29 is 12.9 Å². The van der Waals surface area contributed by atoms with Gasteiger partial charge in [-0.25, -0.2) is 8.42 Å². The van der Waals surface area contributed by atoms with Gasteiger partial charge < -0.3 is 4.52 Å². The third kappa shape index (κ3) is 3.29. The molecule has 1 aromatic carbocycles. The van der Waals surface area contributed by atoms with Crippen LogP contribution in [0.1, 0.15) is 0 Å². The summed E-state index contributed by atoms with van der Waals surface area (Å²) in [4.78, 5) is 8.24. The van der Waals surface area contributed by atoms with E-state index in [1.807, 2.05) is 0 Å². The minimum atomic E-state index is -3.29. The maximum Gasteiger partial charge on any atom is 0.258 e. The molecule has 0 saturated heterocycles. The van der Waals surface area contributed by atoms with Crippen molar-refractivity contribution in [2.75, 3.05) is 11.0 Å². The van der Waals surface area contributed by atoms with E-state index in [1.54, 1.807) is 48.8 Å². The molecule has 0 aliphatic rings. The molecule has 22 heavy (non-hydrogen) atoms. The van der Waals surface area contributed by atoms with Crippen molar-refractivity contribution >= 4 is 15.7 Å². The summed E-state index contributed by atoms with van der Waals surface area (Å²) in [5.41, 5.74) is 1.98. The van der Waals surface area contributed by atoms with Crippen LogP contribution in [0.25, 0.3) is 22.8 Å². The minimum Gasteiger partial charge on any atom is -0.334 e. The molecule has 0 atom stereocenters. The van der Waals surface area contributed by atoms with Gasteiger partial charge in [0.1, 0.15) is 0 Å². The number of hydrogen-bond donors (Lipinski definition) is 1. The normalized spacial score (nSPS) is 11.3. The van der Waals surface area contributed by atoms with Gasteiger partial charge in [0.05, 0.1) is 6.26 Å². The number of nitrogens with zero attached hydrogens (tertiary/aromatic N) is 3. The van der Waals surface area contributed by atoms with Crippen LogP contribution >= 0.6 is 0 Å². The Morgan fingerprint density at radius 1 is 1.00 bits per heavy atom. The van der Waals surface area contributed by atoms with E-state index in [0.29, 0.717) is 17.4 Å². The van der Waals surface area contributed by atoms with Crippen molar-refractivity contribution in [2.45, 2.75) is 0 Å². The van der Waals surface area contributed by atoms with Crippen LogP contribution in [0.2, 0.25) is 0 Å². The maximum absolute atomic E-state index is 11.2. The van der Waals surface area contributed by atoms with Gasteiger partial charge in [-0.2, -0.15) is 4.98 Å². The van der Waals surface area contributed by atoms with Crippen molar-refractivity contribution in [3.8, 4) is 22.8 Å². The Labute approximate surface area is 127 Å². The molecule has 0 saturated carbocycles. The van der Waals surface area contributed by atoms with Crippen molar-refractivity contribution in [3.05, 3.63) is 48.8 Å². The van der Waals surface area contributed by atoms with Crippen molar-refractivity contribution in [1.82, 2.24) is 15.1 Å². The Kier molecular flexibility index (Phi) is 3.60. The number of aromatic nitrogens is 3. The fourth-order valence-corrected chi connectivity index (χ4v) is 2.42. The molecular formula is C14H12N4O3S. The Balaban J connectivity index is 1.85. The van der Waals surface area contributed by atoms with Gasteiger partial charge in [0.15, 0.2) is 0 Å². The van der Waals surface area contributed by atoms with Gasteiger partial charge in [0.2, 0.25) is 15.8 Å². The van der Waals surface area contributed by atoms with Gasteiger partial charge in [-0.05, 0) is 36.4 Å². The first-order valence-corrected chi connectivity index (χ1v) is 8.23. The van der Waals surface area contributed by atoms with Crippen LogP contribution in [0.4, 0.5) is 5.69 Å². The molecule has 2 aromatic heterocycles. The summed E-state index contributed by atoms with van der Waals surface area (Å²) in [5.74, 6) is 0.827. The topological polar surface area (TPSA) is 98.0 Å². The van der Waals surface area contributed by atoms with E-state index in [4.69, 9.17) is 4.52 Å². The highest BCUT2D eigenvalue weighted by atomic mass is 32.2. The number of pyridine rings is 1. The lowest BCUT2D eigenvalue weighted by Crippen LogP contribution is -2.09. The van der Waals surface area contributed by atoms with E-state index in [1.165, 1.54) is 0 Å². The van der Waals surface area contributed by atoms with E-state index in [-0.39, 0.29) is 0 Å². The largest absolute Gasteiger partial charge is 0.334 e. The predicted octanol–water partition coefficient (Wildman–Crippen LogP) is 2.17. The summed E-state index contributed by atoms with van der Waals surface area (Å²) in [6.45, 7) is 0. The van der Waals surface area contributed by atoms with Crippen LogP contribution in [0.15, 0.2) is 53.3 Å². The SMILES string of the molecule is CS(=O)(=O)Nc1ccc(-c2noc(-c3ccncc3)n2)cc1. The lowest BCUT2D eigenvalue weighted by molar-refractivity contribution is 0.432. The highest BCUT2D eigenvalue weighted by molar-refractivity contribution is 7.92.